The summed E-state index contributed by atoms with van der Waals surface area (Å²) in [6, 6.07) is 0. The quantitative estimate of drug-likeness (QED) is 0.273. The van der Waals surface area contributed by atoms with Crippen LogP contribution >= 0.6 is 0 Å². The number of rotatable bonds is 3. The zero-order chi connectivity index (χ0) is 14.0. The third-order valence-electron chi connectivity index (χ3n) is 1.74. The van der Waals surface area contributed by atoms with Gasteiger partial charge in [0.1, 0.15) is 0 Å². The summed E-state index contributed by atoms with van der Waals surface area (Å²) >= 11 is 0. The summed E-state index contributed by atoms with van der Waals surface area (Å²) < 4.78 is 75.4. The predicted molar refractivity (Wildman–Crippen MR) is 46.8 cm³/mol. The Morgan fingerprint density at radius 1 is 1.06 bits per heavy atom. The molecule has 1 aromatic carbocycles. The van der Waals surface area contributed by atoms with Crippen LogP contribution in [-0.4, -0.2) is 5.97 Å². The Labute approximate surface area is 94.4 Å². The Balaban J connectivity index is 3.22. The summed E-state index contributed by atoms with van der Waals surface area (Å²) in [5, 5.41) is 0. The molecule has 0 spiro atoms. The number of carbonyl (C=O) groups excluding carboxylic acids is 1. The number of hydrogen-bond acceptors (Lipinski definition) is 2. The highest BCUT2D eigenvalue weighted by Crippen LogP contribution is 2.29. The van der Waals surface area contributed by atoms with Crippen molar-refractivity contribution < 1.29 is 32.9 Å². The van der Waals surface area contributed by atoms with Gasteiger partial charge in [-0.05, 0) is 6.42 Å². The largest absolute Gasteiger partial charge is 0.420 e. The fourth-order valence-electron chi connectivity index (χ4n) is 0.983. The van der Waals surface area contributed by atoms with Gasteiger partial charge in [0.2, 0.25) is 34.8 Å². The van der Waals surface area contributed by atoms with Gasteiger partial charge in [0.05, 0.1) is 0 Å². The van der Waals surface area contributed by atoms with E-state index in [1.807, 2.05) is 0 Å². The molecule has 0 amide bonds. The summed E-state index contributed by atoms with van der Waals surface area (Å²) in [6.45, 7) is 1.41. The first-order chi connectivity index (χ1) is 8.31. The summed E-state index contributed by atoms with van der Waals surface area (Å²) in [5.41, 5.74) is 0. The standard InChI is InChI=1S/C10H7F5O2/c1-2-3-4(16)17-10-8(14)6(12)5(11)7(13)9(10)15/h2-3H2,1H3/i3T. The minimum absolute atomic E-state index is 0.0335. The molecule has 0 heterocycles. The van der Waals surface area contributed by atoms with Crippen molar-refractivity contribution in [1.82, 2.24) is 0 Å². The van der Waals surface area contributed by atoms with Gasteiger partial charge in [-0.15, -0.1) is 0 Å². The van der Waals surface area contributed by atoms with Crippen molar-refractivity contribution in [2.24, 2.45) is 0 Å². The van der Waals surface area contributed by atoms with Crippen LogP contribution < -0.4 is 4.74 Å². The Hall–Kier alpha value is -1.66. The molecule has 1 atom stereocenters. The molecule has 0 saturated heterocycles. The van der Waals surface area contributed by atoms with E-state index in [-0.39, 0.29) is 6.42 Å². The lowest BCUT2D eigenvalue weighted by atomic mass is 10.2. The van der Waals surface area contributed by atoms with E-state index in [0.717, 1.165) is 0 Å². The van der Waals surface area contributed by atoms with Crippen molar-refractivity contribution in [1.29, 1.82) is 0 Å². The zero-order valence-corrected chi connectivity index (χ0v) is 8.49. The topological polar surface area (TPSA) is 26.3 Å². The second-order valence-electron chi connectivity index (χ2n) is 2.93. The molecule has 0 fully saturated rings. The maximum Gasteiger partial charge on any atom is 0.311 e. The van der Waals surface area contributed by atoms with Crippen molar-refractivity contribution in [2.75, 3.05) is 0 Å². The van der Waals surface area contributed by atoms with Gasteiger partial charge in [-0.25, -0.2) is 13.2 Å². The highest BCUT2D eigenvalue weighted by Gasteiger charge is 2.28. The van der Waals surface area contributed by atoms with Crippen LogP contribution in [0, 0.1) is 29.1 Å². The molecule has 0 bridgehead atoms. The summed E-state index contributed by atoms with van der Waals surface area (Å²) in [4.78, 5) is 11.1. The molecule has 2 nitrogen and oxygen atoms in total. The molecule has 0 aliphatic heterocycles. The number of carbonyl (C=O) groups is 1. The summed E-state index contributed by atoms with van der Waals surface area (Å²) in [7, 11) is 0. The smallest absolute Gasteiger partial charge is 0.311 e. The lowest BCUT2D eigenvalue weighted by molar-refractivity contribution is -0.134. The monoisotopic (exact) mass is 256 g/mol. The lowest BCUT2D eigenvalue weighted by Crippen LogP contribution is -2.12. The van der Waals surface area contributed by atoms with Crippen molar-refractivity contribution in [3.8, 4) is 5.75 Å². The number of hydrogen-bond donors (Lipinski definition) is 0. The minimum Gasteiger partial charge on any atom is -0.420 e. The van der Waals surface area contributed by atoms with Gasteiger partial charge < -0.3 is 4.74 Å². The average molecular weight is 256 g/mol. The second-order valence-corrected chi connectivity index (χ2v) is 2.93. The van der Waals surface area contributed by atoms with E-state index in [1.54, 1.807) is 0 Å². The molecule has 1 rings (SSSR count). The first kappa shape index (κ1) is 11.8. The molecule has 0 aliphatic carbocycles. The van der Waals surface area contributed by atoms with Crippen LogP contribution in [0.25, 0.3) is 0 Å². The van der Waals surface area contributed by atoms with Crippen LogP contribution in [0.2, 0.25) is 0 Å². The van der Waals surface area contributed by atoms with E-state index in [1.165, 1.54) is 6.92 Å². The fraction of sp³-hybridized carbons (Fsp3) is 0.300. The SMILES string of the molecule is [3H]C(CC)C(=O)Oc1c(F)c(F)c(F)c(F)c1F. The van der Waals surface area contributed by atoms with Gasteiger partial charge in [0.15, 0.2) is 0 Å². The van der Waals surface area contributed by atoms with Crippen LogP contribution in [-0.2, 0) is 4.79 Å². The Morgan fingerprint density at radius 3 is 1.88 bits per heavy atom. The Morgan fingerprint density at radius 2 is 1.47 bits per heavy atom. The number of halogens is 5. The Bertz CT molecular complexity index is 463. The molecule has 7 heteroatoms. The van der Waals surface area contributed by atoms with Crippen LogP contribution in [0.3, 0.4) is 0 Å². The van der Waals surface area contributed by atoms with Crippen LogP contribution in [0.1, 0.15) is 21.1 Å². The number of ether oxygens (including phenoxy) is 1. The number of esters is 1. The molecule has 17 heavy (non-hydrogen) atoms. The molecule has 0 aromatic heterocycles. The van der Waals surface area contributed by atoms with E-state index < -0.39 is 47.2 Å². The summed E-state index contributed by atoms with van der Waals surface area (Å²) in [5.74, 6) is -14.4. The zero-order valence-electron chi connectivity index (χ0n) is 9.49. The van der Waals surface area contributed by atoms with Gasteiger partial charge in [-0.2, -0.15) is 8.78 Å². The number of benzene rings is 1. The van der Waals surface area contributed by atoms with Crippen LogP contribution in [0.5, 0.6) is 5.75 Å². The molecule has 1 aromatic rings. The van der Waals surface area contributed by atoms with Crippen molar-refractivity contribution in [2.45, 2.75) is 19.7 Å². The first-order valence-electron chi connectivity index (χ1n) is 5.04. The van der Waals surface area contributed by atoms with Gasteiger partial charge >= 0.3 is 5.97 Å². The highest BCUT2D eigenvalue weighted by atomic mass is 19.2. The minimum atomic E-state index is -2.34. The van der Waals surface area contributed by atoms with Crippen LogP contribution in [0.15, 0.2) is 0 Å². The van der Waals surface area contributed by atoms with Crippen molar-refractivity contribution in [3.05, 3.63) is 29.1 Å². The highest BCUT2D eigenvalue weighted by molar-refractivity contribution is 5.72. The van der Waals surface area contributed by atoms with E-state index in [9.17, 15) is 26.7 Å². The molecular weight excluding hydrogens is 247 g/mol. The van der Waals surface area contributed by atoms with E-state index in [4.69, 9.17) is 1.37 Å². The molecule has 1 unspecified atom stereocenters. The molecular formula is C10H7F5O2. The lowest BCUT2D eigenvalue weighted by Gasteiger charge is -2.08. The van der Waals surface area contributed by atoms with Gasteiger partial charge in [0, 0.05) is 7.77 Å². The average Bonchev–Trinajstić information content (AvgIpc) is 2.37. The van der Waals surface area contributed by atoms with E-state index >= 15 is 0 Å². The first-order valence-corrected chi connectivity index (χ1v) is 4.46. The second kappa shape index (κ2) is 5.11. The molecule has 0 aliphatic rings. The van der Waals surface area contributed by atoms with Crippen molar-refractivity contribution >= 4 is 5.97 Å². The predicted octanol–water partition coefficient (Wildman–Crippen LogP) is 3.09. The van der Waals surface area contributed by atoms with Gasteiger partial charge in [-0.1, -0.05) is 6.92 Å². The van der Waals surface area contributed by atoms with Crippen molar-refractivity contribution in [3.63, 3.8) is 0 Å². The third-order valence-corrected chi connectivity index (χ3v) is 1.74. The molecule has 94 valence electrons. The normalized spacial score (nSPS) is 13.2. The van der Waals surface area contributed by atoms with Crippen LogP contribution in [0.4, 0.5) is 22.0 Å². The Kier molecular flexibility index (Phi) is 3.55. The molecule has 0 saturated carbocycles. The maximum absolute atomic E-state index is 13.1. The van der Waals surface area contributed by atoms with E-state index in [2.05, 4.69) is 4.74 Å². The fourth-order valence-corrected chi connectivity index (χ4v) is 0.983. The van der Waals surface area contributed by atoms with Gasteiger partial charge in [0.25, 0.3) is 0 Å². The molecule has 0 N–H and O–H groups in total. The van der Waals surface area contributed by atoms with E-state index in [0.29, 0.717) is 0 Å². The third kappa shape index (κ3) is 2.54. The maximum atomic E-state index is 13.1. The summed E-state index contributed by atoms with van der Waals surface area (Å²) in [6.07, 6.45) is -1.51. The van der Waals surface area contributed by atoms with Gasteiger partial charge in [-0.3, -0.25) is 4.79 Å². The molecule has 0 radical (unpaired) electrons.